The number of halogens is 1. The van der Waals surface area contributed by atoms with E-state index in [9.17, 15) is 0 Å². The van der Waals surface area contributed by atoms with E-state index < -0.39 is 0 Å². The molecule has 4 heteroatoms. The van der Waals surface area contributed by atoms with Crippen LogP contribution in [0, 0.1) is 5.92 Å². The Morgan fingerprint density at radius 1 is 1.20 bits per heavy atom. The smallest absolute Gasteiger partial charge is 0.138 e. The van der Waals surface area contributed by atoms with Gasteiger partial charge in [-0.2, -0.15) is 0 Å². The summed E-state index contributed by atoms with van der Waals surface area (Å²) < 4.78 is 16.8. The van der Waals surface area contributed by atoms with Crippen LogP contribution in [0.4, 0.5) is 0 Å². The lowest BCUT2D eigenvalue weighted by Gasteiger charge is -2.22. The maximum absolute atomic E-state index is 6.46. The highest BCUT2D eigenvalue weighted by atomic mass is 35.5. The third-order valence-corrected chi connectivity index (χ3v) is 3.71. The van der Waals surface area contributed by atoms with Crippen LogP contribution >= 0.6 is 11.6 Å². The van der Waals surface area contributed by atoms with Gasteiger partial charge in [-0.3, -0.25) is 0 Å². The Labute approximate surface area is 126 Å². The van der Waals surface area contributed by atoms with E-state index in [0.717, 1.165) is 11.3 Å². The molecule has 0 aromatic heterocycles. The first-order chi connectivity index (χ1) is 9.48. The SMILES string of the molecule is CC(C)(C)c1cccc(OCC2COCCOC2)c1Cl. The molecule has 1 aliphatic rings. The van der Waals surface area contributed by atoms with Crippen LogP contribution in [0.3, 0.4) is 0 Å². The van der Waals surface area contributed by atoms with Crippen molar-refractivity contribution in [1.82, 2.24) is 0 Å². The van der Waals surface area contributed by atoms with E-state index in [1.807, 2.05) is 18.2 Å². The van der Waals surface area contributed by atoms with E-state index in [-0.39, 0.29) is 11.3 Å². The summed E-state index contributed by atoms with van der Waals surface area (Å²) in [6.07, 6.45) is 0. The lowest BCUT2D eigenvalue weighted by molar-refractivity contribution is 0.101. The minimum atomic E-state index is 0.00495. The van der Waals surface area contributed by atoms with Crippen molar-refractivity contribution < 1.29 is 14.2 Å². The molecule has 0 radical (unpaired) electrons. The maximum atomic E-state index is 6.46. The molecule has 112 valence electrons. The minimum Gasteiger partial charge on any atom is -0.492 e. The molecule has 1 aromatic rings. The van der Waals surface area contributed by atoms with Crippen molar-refractivity contribution >= 4 is 11.6 Å². The van der Waals surface area contributed by atoms with Crippen molar-refractivity contribution in [2.24, 2.45) is 5.92 Å². The van der Waals surface area contributed by atoms with Gasteiger partial charge in [0.1, 0.15) is 5.75 Å². The molecule has 0 N–H and O–H groups in total. The van der Waals surface area contributed by atoms with Crippen molar-refractivity contribution in [3.8, 4) is 5.75 Å². The minimum absolute atomic E-state index is 0.00495. The van der Waals surface area contributed by atoms with Crippen LogP contribution < -0.4 is 4.74 Å². The largest absolute Gasteiger partial charge is 0.492 e. The van der Waals surface area contributed by atoms with Crippen LogP contribution in [0.1, 0.15) is 26.3 Å². The van der Waals surface area contributed by atoms with Crippen molar-refractivity contribution in [2.45, 2.75) is 26.2 Å². The van der Waals surface area contributed by atoms with Crippen molar-refractivity contribution in [2.75, 3.05) is 33.0 Å². The molecule has 0 amide bonds. The Bertz CT molecular complexity index is 432. The summed E-state index contributed by atoms with van der Waals surface area (Å²) in [5, 5.41) is 0.704. The van der Waals surface area contributed by atoms with Crippen LogP contribution in [0.15, 0.2) is 18.2 Å². The second-order valence-corrected chi connectivity index (χ2v) is 6.57. The number of hydrogen-bond donors (Lipinski definition) is 0. The van der Waals surface area contributed by atoms with Gasteiger partial charge < -0.3 is 14.2 Å². The molecule has 3 nitrogen and oxygen atoms in total. The Kier molecular flexibility index (Phi) is 5.30. The average molecular weight is 299 g/mol. The molecule has 0 saturated carbocycles. The fraction of sp³-hybridized carbons (Fsp3) is 0.625. The van der Waals surface area contributed by atoms with Gasteiger partial charge in [-0.15, -0.1) is 0 Å². The second-order valence-electron chi connectivity index (χ2n) is 6.19. The Balaban J connectivity index is 2.02. The molecular formula is C16H23ClO3. The monoisotopic (exact) mass is 298 g/mol. The summed E-state index contributed by atoms with van der Waals surface area (Å²) in [6, 6.07) is 5.95. The van der Waals surface area contributed by atoms with E-state index >= 15 is 0 Å². The summed E-state index contributed by atoms with van der Waals surface area (Å²) in [6.45, 7) is 9.68. The van der Waals surface area contributed by atoms with Crippen molar-refractivity contribution in [3.63, 3.8) is 0 Å². The molecule has 1 saturated heterocycles. The van der Waals surface area contributed by atoms with Crippen LogP contribution in [0.25, 0.3) is 0 Å². The topological polar surface area (TPSA) is 27.7 Å². The van der Waals surface area contributed by atoms with Crippen LogP contribution in [0.2, 0.25) is 5.02 Å². The normalized spacial score (nSPS) is 17.8. The summed E-state index contributed by atoms with van der Waals surface area (Å²) >= 11 is 6.46. The molecule has 0 spiro atoms. The Hall–Kier alpha value is -0.770. The van der Waals surface area contributed by atoms with E-state index in [1.54, 1.807) is 0 Å². The lowest BCUT2D eigenvalue weighted by Crippen LogP contribution is -2.21. The van der Waals surface area contributed by atoms with Gasteiger partial charge in [-0.05, 0) is 17.0 Å². The highest BCUT2D eigenvalue weighted by Gasteiger charge is 2.20. The second kappa shape index (κ2) is 6.79. The number of hydrogen-bond acceptors (Lipinski definition) is 3. The van der Waals surface area contributed by atoms with Gasteiger partial charge in [0.2, 0.25) is 0 Å². The van der Waals surface area contributed by atoms with Gasteiger partial charge in [-0.25, -0.2) is 0 Å². The molecule has 2 rings (SSSR count). The standard InChI is InChI=1S/C16H23ClO3/c1-16(2,3)13-5-4-6-14(15(13)17)20-11-12-9-18-7-8-19-10-12/h4-6,12H,7-11H2,1-3H3. The van der Waals surface area contributed by atoms with E-state index in [4.69, 9.17) is 25.8 Å². The molecule has 0 atom stereocenters. The molecule has 1 aromatic carbocycles. The first-order valence-electron chi connectivity index (χ1n) is 7.06. The average Bonchev–Trinajstić information content (AvgIpc) is 2.64. The number of rotatable bonds is 3. The number of benzene rings is 1. The molecule has 0 aliphatic carbocycles. The molecule has 0 bridgehead atoms. The summed E-state index contributed by atoms with van der Waals surface area (Å²) in [4.78, 5) is 0. The van der Waals surface area contributed by atoms with E-state index in [2.05, 4.69) is 20.8 Å². The van der Waals surface area contributed by atoms with Gasteiger partial charge in [0.05, 0.1) is 38.1 Å². The quantitative estimate of drug-likeness (QED) is 0.852. The van der Waals surface area contributed by atoms with E-state index in [0.29, 0.717) is 38.1 Å². The first kappa shape index (κ1) is 15.6. The third-order valence-electron chi connectivity index (χ3n) is 3.32. The molecule has 20 heavy (non-hydrogen) atoms. The fourth-order valence-electron chi connectivity index (χ4n) is 2.17. The third kappa shape index (κ3) is 4.11. The molecule has 1 aliphatic heterocycles. The predicted molar refractivity (Wildman–Crippen MR) is 80.8 cm³/mol. The summed E-state index contributed by atoms with van der Waals surface area (Å²) in [5.41, 5.74) is 1.11. The maximum Gasteiger partial charge on any atom is 0.138 e. The van der Waals surface area contributed by atoms with Crippen molar-refractivity contribution in [1.29, 1.82) is 0 Å². The molecule has 1 heterocycles. The highest BCUT2D eigenvalue weighted by molar-refractivity contribution is 6.33. The van der Waals surface area contributed by atoms with Crippen molar-refractivity contribution in [3.05, 3.63) is 28.8 Å². The highest BCUT2D eigenvalue weighted by Crippen LogP contribution is 2.35. The van der Waals surface area contributed by atoms with Gasteiger partial charge in [0.25, 0.3) is 0 Å². The van der Waals surface area contributed by atoms with Crippen LogP contribution in [0.5, 0.6) is 5.75 Å². The summed E-state index contributed by atoms with van der Waals surface area (Å²) in [7, 11) is 0. The van der Waals surface area contributed by atoms with Crippen LogP contribution in [-0.2, 0) is 14.9 Å². The number of ether oxygens (including phenoxy) is 3. The molecular weight excluding hydrogens is 276 g/mol. The zero-order valence-corrected chi connectivity index (χ0v) is 13.2. The molecule has 0 unspecified atom stereocenters. The summed E-state index contributed by atoms with van der Waals surface area (Å²) in [5.74, 6) is 0.996. The Morgan fingerprint density at radius 2 is 1.85 bits per heavy atom. The molecule has 1 fully saturated rings. The Morgan fingerprint density at radius 3 is 2.45 bits per heavy atom. The zero-order chi connectivity index (χ0) is 14.6. The predicted octanol–water partition coefficient (Wildman–Crippen LogP) is 3.68. The lowest BCUT2D eigenvalue weighted by atomic mass is 9.87. The van der Waals surface area contributed by atoms with Crippen LogP contribution in [-0.4, -0.2) is 33.0 Å². The van der Waals surface area contributed by atoms with E-state index in [1.165, 1.54) is 0 Å². The fourth-order valence-corrected chi connectivity index (χ4v) is 2.64. The zero-order valence-electron chi connectivity index (χ0n) is 12.4. The van der Waals surface area contributed by atoms with Gasteiger partial charge in [-0.1, -0.05) is 44.5 Å². The first-order valence-corrected chi connectivity index (χ1v) is 7.43. The van der Waals surface area contributed by atoms with Gasteiger partial charge >= 0.3 is 0 Å². The van der Waals surface area contributed by atoms with Gasteiger partial charge in [0.15, 0.2) is 0 Å². The van der Waals surface area contributed by atoms with Gasteiger partial charge in [0, 0.05) is 5.92 Å².